The smallest absolute Gasteiger partial charge is 0.335 e. The van der Waals surface area contributed by atoms with E-state index in [4.69, 9.17) is 5.11 Å². The fourth-order valence-corrected chi connectivity index (χ4v) is 1.35. The summed E-state index contributed by atoms with van der Waals surface area (Å²) >= 11 is 0. The van der Waals surface area contributed by atoms with Gasteiger partial charge in [0, 0.05) is 18.0 Å². The number of hydrogen-bond acceptors (Lipinski definition) is 4. The van der Waals surface area contributed by atoms with Crippen molar-refractivity contribution in [1.29, 1.82) is 0 Å². The third kappa shape index (κ3) is 2.67. The van der Waals surface area contributed by atoms with Gasteiger partial charge >= 0.3 is 5.97 Å². The molecular weight excluding hydrogens is 234 g/mol. The number of carbonyl (C=O) groups excluding carboxylic acids is 1. The largest absolute Gasteiger partial charge is 0.478 e. The summed E-state index contributed by atoms with van der Waals surface area (Å²) in [6.45, 7) is 0. The van der Waals surface area contributed by atoms with Crippen LogP contribution in [0.15, 0.2) is 42.9 Å². The van der Waals surface area contributed by atoms with Gasteiger partial charge in [-0.15, -0.1) is 0 Å². The average Bonchev–Trinajstić information content (AvgIpc) is 2.40. The number of amides is 1. The van der Waals surface area contributed by atoms with Crippen LogP contribution in [0.25, 0.3) is 0 Å². The summed E-state index contributed by atoms with van der Waals surface area (Å²) in [4.78, 5) is 30.3. The second kappa shape index (κ2) is 5.05. The molecule has 0 unspecified atom stereocenters. The summed E-state index contributed by atoms with van der Waals surface area (Å²) in [7, 11) is 0. The minimum absolute atomic E-state index is 0.0572. The standard InChI is InChI=1S/C12H9N3O3/c16-11(15-10-7-13-4-5-14-10)8-2-1-3-9(6-8)12(17)18/h1-7H,(H,17,18)(H,14,15,16). The van der Waals surface area contributed by atoms with Gasteiger partial charge in [-0.1, -0.05) is 6.07 Å². The molecule has 2 rings (SSSR count). The van der Waals surface area contributed by atoms with Gasteiger partial charge in [0.15, 0.2) is 5.82 Å². The molecule has 0 fully saturated rings. The highest BCUT2D eigenvalue weighted by molar-refractivity contribution is 6.05. The third-order valence-corrected chi connectivity index (χ3v) is 2.18. The quantitative estimate of drug-likeness (QED) is 0.850. The molecule has 0 saturated carbocycles. The number of aromatic carboxylic acids is 1. The maximum atomic E-state index is 11.8. The Balaban J connectivity index is 2.19. The van der Waals surface area contributed by atoms with E-state index in [0.29, 0.717) is 5.82 Å². The van der Waals surface area contributed by atoms with Crippen molar-refractivity contribution in [3.63, 3.8) is 0 Å². The molecule has 90 valence electrons. The Morgan fingerprint density at radius 1 is 1.17 bits per heavy atom. The topological polar surface area (TPSA) is 92.2 Å². The van der Waals surface area contributed by atoms with Gasteiger partial charge in [0.2, 0.25) is 0 Å². The molecule has 1 aromatic heterocycles. The predicted molar refractivity (Wildman–Crippen MR) is 63.4 cm³/mol. The molecule has 0 atom stereocenters. The van der Waals surface area contributed by atoms with Crippen molar-refractivity contribution in [3.8, 4) is 0 Å². The van der Waals surface area contributed by atoms with Gasteiger partial charge in [-0.3, -0.25) is 9.78 Å². The molecular formula is C12H9N3O3. The zero-order valence-electron chi connectivity index (χ0n) is 9.20. The molecule has 0 radical (unpaired) electrons. The van der Waals surface area contributed by atoms with Gasteiger partial charge in [-0.2, -0.15) is 0 Å². The minimum Gasteiger partial charge on any atom is -0.478 e. The van der Waals surface area contributed by atoms with Crippen LogP contribution in [-0.4, -0.2) is 27.0 Å². The summed E-state index contributed by atoms with van der Waals surface area (Å²) in [5.74, 6) is -1.20. The third-order valence-electron chi connectivity index (χ3n) is 2.18. The van der Waals surface area contributed by atoms with E-state index in [2.05, 4.69) is 15.3 Å². The number of anilines is 1. The van der Waals surface area contributed by atoms with Gasteiger partial charge in [0.05, 0.1) is 11.8 Å². The molecule has 0 aliphatic rings. The molecule has 0 bridgehead atoms. The van der Waals surface area contributed by atoms with Crippen molar-refractivity contribution in [2.75, 3.05) is 5.32 Å². The van der Waals surface area contributed by atoms with Crippen LogP contribution in [0.2, 0.25) is 0 Å². The summed E-state index contributed by atoms with van der Waals surface area (Å²) in [6, 6.07) is 5.75. The molecule has 0 spiro atoms. The minimum atomic E-state index is -1.08. The second-order valence-electron chi connectivity index (χ2n) is 3.43. The first-order chi connectivity index (χ1) is 8.66. The molecule has 1 aromatic carbocycles. The Hall–Kier alpha value is -2.76. The van der Waals surface area contributed by atoms with E-state index in [-0.39, 0.29) is 11.1 Å². The monoisotopic (exact) mass is 243 g/mol. The Bertz CT molecular complexity index is 584. The molecule has 1 amide bonds. The van der Waals surface area contributed by atoms with Crippen LogP contribution in [0.5, 0.6) is 0 Å². The van der Waals surface area contributed by atoms with Crippen LogP contribution in [-0.2, 0) is 0 Å². The molecule has 2 N–H and O–H groups in total. The van der Waals surface area contributed by atoms with Crippen molar-refractivity contribution >= 4 is 17.7 Å². The molecule has 18 heavy (non-hydrogen) atoms. The van der Waals surface area contributed by atoms with Gasteiger partial charge in [-0.05, 0) is 18.2 Å². The van der Waals surface area contributed by atoms with Crippen molar-refractivity contribution in [1.82, 2.24) is 9.97 Å². The maximum absolute atomic E-state index is 11.8. The molecule has 2 aromatic rings. The summed E-state index contributed by atoms with van der Waals surface area (Å²) in [5, 5.41) is 11.3. The highest BCUT2D eigenvalue weighted by atomic mass is 16.4. The first-order valence-electron chi connectivity index (χ1n) is 5.07. The highest BCUT2D eigenvalue weighted by Gasteiger charge is 2.09. The van der Waals surface area contributed by atoms with Crippen LogP contribution in [0.3, 0.4) is 0 Å². The molecule has 1 heterocycles. The van der Waals surface area contributed by atoms with Crippen molar-refractivity contribution in [3.05, 3.63) is 54.0 Å². The van der Waals surface area contributed by atoms with Gasteiger partial charge < -0.3 is 10.4 Å². The highest BCUT2D eigenvalue weighted by Crippen LogP contribution is 2.08. The molecule has 6 heteroatoms. The van der Waals surface area contributed by atoms with E-state index in [0.717, 1.165) is 0 Å². The van der Waals surface area contributed by atoms with E-state index in [1.165, 1.54) is 42.9 Å². The van der Waals surface area contributed by atoms with Gasteiger partial charge in [0.1, 0.15) is 0 Å². The molecule has 0 aliphatic heterocycles. The van der Waals surface area contributed by atoms with Crippen molar-refractivity contribution in [2.45, 2.75) is 0 Å². The summed E-state index contributed by atoms with van der Waals surface area (Å²) in [6.07, 6.45) is 4.34. The number of carboxylic acid groups (broad SMARTS) is 1. The normalized spacial score (nSPS) is 9.78. The van der Waals surface area contributed by atoms with E-state index >= 15 is 0 Å². The zero-order chi connectivity index (χ0) is 13.0. The molecule has 0 aliphatic carbocycles. The van der Waals surface area contributed by atoms with E-state index < -0.39 is 11.9 Å². The van der Waals surface area contributed by atoms with Crippen LogP contribution in [0.4, 0.5) is 5.82 Å². The fourth-order valence-electron chi connectivity index (χ4n) is 1.35. The van der Waals surface area contributed by atoms with Crippen LogP contribution < -0.4 is 5.32 Å². The van der Waals surface area contributed by atoms with Crippen LogP contribution >= 0.6 is 0 Å². The lowest BCUT2D eigenvalue weighted by Gasteiger charge is -2.04. The van der Waals surface area contributed by atoms with Gasteiger partial charge in [-0.25, -0.2) is 9.78 Å². The Morgan fingerprint density at radius 3 is 2.61 bits per heavy atom. The number of carbonyl (C=O) groups is 2. The number of nitrogens with zero attached hydrogens (tertiary/aromatic N) is 2. The SMILES string of the molecule is O=C(O)c1cccc(C(=O)Nc2cnccn2)c1. The fraction of sp³-hybridized carbons (Fsp3) is 0. The number of carboxylic acids is 1. The Kier molecular flexibility index (Phi) is 3.29. The molecule has 6 nitrogen and oxygen atoms in total. The number of rotatable bonds is 3. The summed E-state index contributed by atoms with van der Waals surface area (Å²) in [5.41, 5.74) is 0.308. The number of hydrogen-bond donors (Lipinski definition) is 2. The number of nitrogens with one attached hydrogen (secondary N) is 1. The number of benzene rings is 1. The summed E-state index contributed by atoms with van der Waals surface area (Å²) < 4.78 is 0. The van der Waals surface area contributed by atoms with Gasteiger partial charge in [0.25, 0.3) is 5.91 Å². The zero-order valence-corrected chi connectivity index (χ0v) is 9.20. The lowest BCUT2D eigenvalue weighted by Crippen LogP contribution is -2.13. The Labute approximate surface area is 102 Å². The van der Waals surface area contributed by atoms with E-state index in [1.807, 2.05) is 0 Å². The second-order valence-corrected chi connectivity index (χ2v) is 3.43. The molecule has 0 saturated heterocycles. The van der Waals surface area contributed by atoms with Crippen molar-refractivity contribution in [2.24, 2.45) is 0 Å². The maximum Gasteiger partial charge on any atom is 0.335 e. The first-order valence-corrected chi connectivity index (χ1v) is 5.07. The van der Waals surface area contributed by atoms with Crippen LogP contribution in [0.1, 0.15) is 20.7 Å². The Morgan fingerprint density at radius 2 is 1.94 bits per heavy atom. The van der Waals surface area contributed by atoms with Crippen molar-refractivity contribution < 1.29 is 14.7 Å². The first kappa shape index (κ1) is 11.7. The lowest BCUT2D eigenvalue weighted by atomic mass is 10.1. The number of aromatic nitrogens is 2. The van der Waals surface area contributed by atoms with Crippen LogP contribution in [0, 0.1) is 0 Å². The van der Waals surface area contributed by atoms with E-state index in [1.54, 1.807) is 0 Å². The lowest BCUT2D eigenvalue weighted by molar-refractivity contribution is 0.0697. The van der Waals surface area contributed by atoms with E-state index in [9.17, 15) is 9.59 Å². The average molecular weight is 243 g/mol. The predicted octanol–water partition coefficient (Wildman–Crippen LogP) is 1.43.